The van der Waals surface area contributed by atoms with Gasteiger partial charge in [0.05, 0.1) is 40.3 Å². The van der Waals surface area contributed by atoms with Crippen LogP contribution in [0.3, 0.4) is 0 Å². The SMILES string of the molecule is CC/C=C\C/C=C\C/C=C\C/C=C\C/C=C\C/C=C\C/C=C\C/C=C\C/C=C\C/C=C\CCCCCCCCCCCCC(=O)OC(COC(=O)CCCCCCCCCCC/C=C\CCCCCCCC)COC(OCC[N+](C)(C)C)C(=O)[O-]. The van der Waals surface area contributed by atoms with E-state index >= 15 is 0 Å². The first kappa shape index (κ1) is 80.4. The maximum Gasteiger partial charge on any atom is 0.306 e. The topological polar surface area (TPSA) is 111 Å². The summed E-state index contributed by atoms with van der Waals surface area (Å²) >= 11 is 0. The molecule has 0 spiro atoms. The number of nitrogens with zero attached hydrogens (tertiary/aromatic N) is 1. The van der Waals surface area contributed by atoms with Crippen LogP contribution in [0.25, 0.3) is 0 Å². The second-order valence-corrected chi connectivity index (χ2v) is 23.7. The van der Waals surface area contributed by atoms with Crippen molar-refractivity contribution in [3.63, 3.8) is 0 Å². The number of hydrogen-bond donors (Lipinski definition) is 0. The Morgan fingerprint density at radius 1 is 0.365 bits per heavy atom. The highest BCUT2D eigenvalue weighted by Gasteiger charge is 2.22. The van der Waals surface area contributed by atoms with Crippen LogP contribution in [0.4, 0.5) is 0 Å². The molecule has 0 rings (SSSR count). The highest BCUT2D eigenvalue weighted by molar-refractivity contribution is 5.70. The van der Waals surface area contributed by atoms with Gasteiger partial charge in [-0.2, -0.15) is 0 Å². The molecule has 9 nitrogen and oxygen atoms in total. The average molecular weight is 1180 g/mol. The fraction of sp³-hybridized carbons (Fsp3) is 0.671. The van der Waals surface area contributed by atoms with Gasteiger partial charge in [0.15, 0.2) is 12.4 Å². The molecule has 0 aromatic carbocycles. The standard InChI is InChI=1S/C76H127NO8/c1-6-8-10-12-14-16-18-20-22-24-26-27-28-29-30-31-32-33-34-35-36-37-38-39-40-41-42-43-44-45-46-47-49-51-53-55-57-59-61-63-65-67-74(79)85-72(71-84-76(75(80)81)82-69-68-77(3,4)5)70-83-73(78)66-64-62-60-58-56-54-52-50-48-25-23-21-19-17-15-13-11-9-7-2/h8,10,14,16,20-23,26-27,29-30,32-33,35-36,38-39,41-42,44-45,72,76H,6-7,9,11-13,15,17-19,24-25,28,31,34,37,40,43,46-71H2,1-5H3/b10-8-,16-14-,22-20-,23-21-,27-26-,30-29-,33-32-,36-35-,39-38-,42-41-,45-44-. The predicted octanol–water partition coefficient (Wildman–Crippen LogP) is 20.0. The van der Waals surface area contributed by atoms with E-state index in [1.807, 2.05) is 21.1 Å². The molecule has 0 aromatic rings. The van der Waals surface area contributed by atoms with Gasteiger partial charge in [-0.05, 0) is 116 Å². The molecule has 0 saturated carbocycles. The van der Waals surface area contributed by atoms with Gasteiger partial charge in [0.2, 0.25) is 0 Å². The fourth-order valence-electron chi connectivity index (χ4n) is 9.15. The zero-order valence-corrected chi connectivity index (χ0v) is 55.2. The van der Waals surface area contributed by atoms with Crippen LogP contribution in [0.15, 0.2) is 134 Å². The van der Waals surface area contributed by atoms with Gasteiger partial charge in [-0.3, -0.25) is 9.59 Å². The molecule has 0 aliphatic rings. The van der Waals surface area contributed by atoms with Gasteiger partial charge >= 0.3 is 11.9 Å². The highest BCUT2D eigenvalue weighted by atomic mass is 16.7. The number of unbranched alkanes of at least 4 members (excludes halogenated alkanes) is 25. The maximum absolute atomic E-state index is 12.9. The quantitative estimate of drug-likeness (QED) is 0.0195. The molecule has 0 amide bonds. The molecule has 85 heavy (non-hydrogen) atoms. The molecule has 0 fully saturated rings. The van der Waals surface area contributed by atoms with Crippen molar-refractivity contribution in [1.29, 1.82) is 0 Å². The minimum atomic E-state index is -1.63. The van der Waals surface area contributed by atoms with E-state index in [1.54, 1.807) is 0 Å². The number of esters is 2. The number of aliphatic carboxylic acids is 1. The van der Waals surface area contributed by atoms with E-state index in [0.29, 0.717) is 17.4 Å². The van der Waals surface area contributed by atoms with E-state index in [-0.39, 0.29) is 38.6 Å². The zero-order valence-electron chi connectivity index (χ0n) is 55.2. The second kappa shape index (κ2) is 65.4. The predicted molar refractivity (Wildman–Crippen MR) is 361 cm³/mol. The van der Waals surface area contributed by atoms with Crippen LogP contribution in [0.2, 0.25) is 0 Å². The zero-order chi connectivity index (χ0) is 61.9. The van der Waals surface area contributed by atoms with Crippen LogP contribution in [-0.4, -0.2) is 82.3 Å². The lowest BCUT2D eigenvalue weighted by atomic mass is 10.0. The first-order valence-corrected chi connectivity index (χ1v) is 34.3. The van der Waals surface area contributed by atoms with E-state index in [4.69, 9.17) is 18.9 Å². The normalized spacial score (nSPS) is 13.6. The van der Waals surface area contributed by atoms with Crippen molar-refractivity contribution in [1.82, 2.24) is 0 Å². The van der Waals surface area contributed by atoms with Gasteiger partial charge in [0.1, 0.15) is 13.2 Å². The van der Waals surface area contributed by atoms with Crippen molar-refractivity contribution in [2.75, 3.05) is 47.5 Å². The Balaban J connectivity index is 4.14. The highest BCUT2D eigenvalue weighted by Crippen LogP contribution is 2.16. The molecule has 0 bridgehead atoms. The molecular formula is C76H127NO8. The van der Waals surface area contributed by atoms with Crippen LogP contribution < -0.4 is 5.11 Å². The van der Waals surface area contributed by atoms with Crippen molar-refractivity contribution in [3.05, 3.63) is 134 Å². The summed E-state index contributed by atoms with van der Waals surface area (Å²) in [6.45, 7) is 4.63. The summed E-state index contributed by atoms with van der Waals surface area (Å²) < 4.78 is 22.8. The number of carboxylic acid groups (broad SMARTS) is 1. The molecule has 2 unspecified atom stereocenters. The van der Waals surface area contributed by atoms with Crippen LogP contribution >= 0.6 is 0 Å². The summed E-state index contributed by atoms with van der Waals surface area (Å²) in [6, 6.07) is 0. The van der Waals surface area contributed by atoms with Crippen LogP contribution in [0.5, 0.6) is 0 Å². The maximum atomic E-state index is 12.9. The number of rotatable bonds is 62. The molecule has 9 heteroatoms. The monoisotopic (exact) mass is 1180 g/mol. The van der Waals surface area contributed by atoms with Crippen molar-refractivity contribution >= 4 is 17.9 Å². The number of ether oxygens (including phenoxy) is 4. The number of carbonyl (C=O) groups is 3. The Kier molecular flexibility index (Phi) is 61.9. The van der Waals surface area contributed by atoms with Crippen molar-refractivity contribution < 1.29 is 42.9 Å². The molecule has 0 aliphatic heterocycles. The minimum Gasteiger partial charge on any atom is -0.545 e. The third-order valence-electron chi connectivity index (χ3n) is 14.4. The number of likely N-dealkylation sites (N-methyl/N-ethyl adjacent to an activating group) is 1. The molecule has 0 N–H and O–H groups in total. The van der Waals surface area contributed by atoms with Crippen molar-refractivity contribution in [3.8, 4) is 0 Å². The van der Waals surface area contributed by atoms with Gasteiger partial charge in [0, 0.05) is 12.8 Å². The van der Waals surface area contributed by atoms with Gasteiger partial charge < -0.3 is 33.3 Å². The van der Waals surface area contributed by atoms with Gasteiger partial charge in [-0.15, -0.1) is 0 Å². The molecule has 0 aromatic heterocycles. The lowest BCUT2D eigenvalue weighted by Gasteiger charge is -2.26. The number of carbonyl (C=O) groups excluding carboxylic acids is 3. The summed E-state index contributed by atoms with van der Waals surface area (Å²) in [5.41, 5.74) is 0. The minimum absolute atomic E-state index is 0.141. The van der Waals surface area contributed by atoms with E-state index in [2.05, 4.69) is 148 Å². The lowest BCUT2D eigenvalue weighted by molar-refractivity contribution is -0.870. The van der Waals surface area contributed by atoms with E-state index in [1.165, 1.54) is 128 Å². The summed E-state index contributed by atoms with van der Waals surface area (Å²) in [6.07, 6.45) is 90.9. The molecule has 0 aliphatic carbocycles. The molecule has 0 saturated heterocycles. The third kappa shape index (κ3) is 66.8. The molecule has 0 radical (unpaired) electrons. The van der Waals surface area contributed by atoms with Crippen LogP contribution in [0.1, 0.15) is 271 Å². The first-order chi connectivity index (χ1) is 41.6. The number of hydrogen-bond acceptors (Lipinski definition) is 8. The van der Waals surface area contributed by atoms with Crippen molar-refractivity contribution in [2.24, 2.45) is 0 Å². The van der Waals surface area contributed by atoms with Gasteiger partial charge in [0.25, 0.3) is 0 Å². The summed E-state index contributed by atoms with van der Waals surface area (Å²) in [5.74, 6) is -2.29. The number of carboxylic acids is 1. The Labute approximate surface area is 522 Å². The lowest BCUT2D eigenvalue weighted by Crippen LogP contribution is -2.44. The molecular weight excluding hydrogens is 1050 g/mol. The van der Waals surface area contributed by atoms with Crippen LogP contribution in [0, 0.1) is 0 Å². The van der Waals surface area contributed by atoms with Gasteiger partial charge in [-0.1, -0.05) is 276 Å². The molecule has 0 heterocycles. The summed E-state index contributed by atoms with van der Waals surface area (Å²) in [4.78, 5) is 37.4. The Morgan fingerprint density at radius 2 is 0.671 bits per heavy atom. The smallest absolute Gasteiger partial charge is 0.306 e. The first-order valence-electron chi connectivity index (χ1n) is 34.3. The Morgan fingerprint density at radius 3 is 1.01 bits per heavy atom. The summed E-state index contributed by atoms with van der Waals surface area (Å²) in [5, 5.41) is 11.8. The largest absolute Gasteiger partial charge is 0.545 e. The molecule has 484 valence electrons. The molecule has 2 atom stereocenters. The fourth-order valence-corrected chi connectivity index (χ4v) is 9.15. The number of quaternary nitrogens is 1. The average Bonchev–Trinajstić information content (AvgIpc) is 3.49. The van der Waals surface area contributed by atoms with E-state index in [0.717, 1.165) is 109 Å². The number of allylic oxidation sites excluding steroid dienone is 22. The van der Waals surface area contributed by atoms with Crippen molar-refractivity contribution in [2.45, 2.75) is 283 Å². The third-order valence-corrected chi connectivity index (χ3v) is 14.4. The summed E-state index contributed by atoms with van der Waals surface area (Å²) in [7, 11) is 5.92. The van der Waals surface area contributed by atoms with E-state index in [9.17, 15) is 19.5 Å². The Hall–Kier alpha value is -4.57. The van der Waals surface area contributed by atoms with Gasteiger partial charge in [-0.25, -0.2) is 0 Å². The second-order valence-electron chi connectivity index (χ2n) is 23.7. The Bertz CT molecular complexity index is 1860. The van der Waals surface area contributed by atoms with Crippen LogP contribution in [-0.2, 0) is 33.3 Å². The van der Waals surface area contributed by atoms with E-state index < -0.39 is 24.3 Å².